The van der Waals surface area contributed by atoms with E-state index in [1.54, 1.807) is 0 Å². The fourth-order valence-corrected chi connectivity index (χ4v) is 0.649. The lowest BCUT2D eigenvalue weighted by Gasteiger charge is -2.04. The average Bonchev–Trinajstić information content (AvgIpc) is 2.21. The summed E-state index contributed by atoms with van der Waals surface area (Å²) in [5.41, 5.74) is 0. The van der Waals surface area contributed by atoms with Gasteiger partial charge < -0.3 is 34.4 Å². The third-order valence-corrected chi connectivity index (χ3v) is 1.18. The Hall–Kier alpha value is -0.215. The maximum Gasteiger partial charge on any atom is 0.631 e. The van der Waals surface area contributed by atoms with Crippen molar-refractivity contribution in [3.8, 4) is 0 Å². The Balaban J connectivity index is 0. The fraction of sp³-hybridized carbons (Fsp3) is 1.00. The van der Waals surface area contributed by atoms with Crippen LogP contribution in [-0.2, 0) is 14.2 Å². The van der Waals surface area contributed by atoms with Crippen molar-refractivity contribution in [2.45, 2.75) is 6.92 Å². The molecule has 4 N–H and O–H groups in total. The van der Waals surface area contributed by atoms with E-state index in [9.17, 15) is 0 Å². The van der Waals surface area contributed by atoms with Gasteiger partial charge in [0.1, 0.15) is 0 Å². The molecule has 0 bridgehead atoms. The summed E-state index contributed by atoms with van der Waals surface area (Å²) >= 11 is 0. The highest BCUT2D eigenvalue weighted by Gasteiger charge is 1.92. The normalized spacial score (nSPS) is 9.56. The smallest absolute Gasteiger partial charge is 0.402 e. The van der Waals surface area contributed by atoms with Gasteiger partial charge in [-0.3, -0.25) is 0 Å². The summed E-state index contributed by atoms with van der Waals surface area (Å²) < 4.78 is 15.2. The SMILES string of the molecule is CCOCCOCCOCCO.OB(O)O. The molecular formula is C8H21BO7. The first-order valence-electron chi connectivity index (χ1n) is 5.03. The minimum Gasteiger partial charge on any atom is -0.402 e. The van der Waals surface area contributed by atoms with Gasteiger partial charge in [0.05, 0.1) is 39.6 Å². The second-order valence-electron chi connectivity index (χ2n) is 2.49. The Morgan fingerprint density at radius 3 is 1.56 bits per heavy atom. The van der Waals surface area contributed by atoms with Crippen molar-refractivity contribution in [1.82, 2.24) is 0 Å². The van der Waals surface area contributed by atoms with E-state index in [2.05, 4.69) is 0 Å². The van der Waals surface area contributed by atoms with Crippen LogP contribution >= 0.6 is 0 Å². The molecule has 7 nitrogen and oxygen atoms in total. The molecule has 0 heterocycles. The number of ether oxygens (including phenoxy) is 3. The van der Waals surface area contributed by atoms with Crippen molar-refractivity contribution < 1.29 is 34.4 Å². The monoisotopic (exact) mass is 240 g/mol. The van der Waals surface area contributed by atoms with Gasteiger partial charge in [-0.15, -0.1) is 0 Å². The first kappa shape index (κ1) is 18.2. The molecule has 0 aromatic carbocycles. The van der Waals surface area contributed by atoms with Crippen LogP contribution in [-0.4, -0.2) is 73.7 Å². The van der Waals surface area contributed by atoms with Crippen molar-refractivity contribution >= 4 is 7.32 Å². The van der Waals surface area contributed by atoms with Gasteiger partial charge in [-0.2, -0.15) is 0 Å². The summed E-state index contributed by atoms with van der Waals surface area (Å²) in [5, 5.41) is 29.9. The first-order chi connectivity index (χ1) is 7.65. The summed E-state index contributed by atoms with van der Waals surface area (Å²) in [6.45, 7) is 5.47. The van der Waals surface area contributed by atoms with Gasteiger partial charge in [0.25, 0.3) is 0 Å². The highest BCUT2D eigenvalue weighted by atomic mass is 16.5. The molecule has 0 aliphatic carbocycles. The molecule has 8 heteroatoms. The minimum atomic E-state index is -2.17. The predicted octanol–water partition coefficient (Wildman–Crippen LogP) is -2.00. The third-order valence-electron chi connectivity index (χ3n) is 1.18. The van der Waals surface area contributed by atoms with Crippen LogP contribution in [0.15, 0.2) is 0 Å². The lowest BCUT2D eigenvalue weighted by atomic mass is 10.3. The molecule has 0 aliphatic rings. The maximum absolute atomic E-state index is 8.35. The molecule has 0 unspecified atom stereocenters. The predicted molar refractivity (Wildman–Crippen MR) is 57.6 cm³/mol. The third kappa shape index (κ3) is 29.2. The number of aliphatic hydroxyl groups is 1. The fourth-order valence-electron chi connectivity index (χ4n) is 0.649. The van der Waals surface area contributed by atoms with E-state index in [0.717, 1.165) is 6.61 Å². The van der Waals surface area contributed by atoms with E-state index in [-0.39, 0.29) is 6.61 Å². The zero-order chi connectivity index (χ0) is 12.6. The van der Waals surface area contributed by atoms with Crippen molar-refractivity contribution in [2.75, 3.05) is 46.2 Å². The molecule has 0 spiro atoms. The van der Waals surface area contributed by atoms with E-state index in [4.69, 9.17) is 34.4 Å². The molecule has 0 radical (unpaired) electrons. The van der Waals surface area contributed by atoms with E-state index < -0.39 is 7.32 Å². The zero-order valence-electron chi connectivity index (χ0n) is 9.54. The van der Waals surface area contributed by atoms with Crippen LogP contribution in [0.25, 0.3) is 0 Å². The van der Waals surface area contributed by atoms with Gasteiger partial charge in [0, 0.05) is 6.61 Å². The molecular weight excluding hydrogens is 219 g/mol. The van der Waals surface area contributed by atoms with Crippen LogP contribution in [0, 0.1) is 0 Å². The van der Waals surface area contributed by atoms with Gasteiger partial charge >= 0.3 is 7.32 Å². The van der Waals surface area contributed by atoms with Gasteiger partial charge in [0.15, 0.2) is 0 Å². The van der Waals surface area contributed by atoms with Crippen molar-refractivity contribution in [3.05, 3.63) is 0 Å². The molecule has 98 valence electrons. The van der Waals surface area contributed by atoms with Crippen molar-refractivity contribution in [1.29, 1.82) is 0 Å². The van der Waals surface area contributed by atoms with Crippen LogP contribution < -0.4 is 0 Å². The minimum absolute atomic E-state index is 0.0684. The Kier molecular flexibility index (Phi) is 19.5. The molecule has 0 fully saturated rings. The molecule has 0 rings (SSSR count). The molecule has 0 amide bonds. The quantitative estimate of drug-likeness (QED) is 0.272. The van der Waals surface area contributed by atoms with Crippen LogP contribution in [0.1, 0.15) is 6.92 Å². The van der Waals surface area contributed by atoms with Gasteiger partial charge in [-0.05, 0) is 6.92 Å². The van der Waals surface area contributed by atoms with E-state index in [0.29, 0.717) is 33.0 Å². The van der Waals surface area contributed by atoms with Crippen LogP contribution in [0.2, 0.25) is 0 Å². The highest BCUT2D eigenvalue weighted by molar-refractivity contribution is 6.30. The summed E-state index contributed by atoms with van der Waals surface area (Å²) in [6, 6.07) is 0. The van der Waals surface area contributed by atoms with Gasteiger partial charge in [0.2, 0.25) is 0 Å². The zero-order valence-corrected chi connectivity index (χ0v) is 9.54. The molecule has 0 atom stereocenters. The molecule has 0 saturated heterocycles. The van der Waals surface area contributed by atoms with E-state index in [1.165, 1.54) is 0 Å². The van der Waals surface area contributed by atoms with Crippen LogP contribution in [0.4, 0.5) is 0 Å². The topological polar surface area (TPSA) is 109 Å². The summed E-state index contributed by atoms with van der Waals surface area (Å²) in [4.78, 5) is 0. The number of hydrogen-bond acceptors (Lipinski definition) is 7. The standard InChI is InChI=1S/C8H18O4.BH3O3/c1-2-10-5-6-12-8-7-11-4-3-9;2-1(3)4/h9H,2-8H2,1H3;2-4H. The number of hydrogen-bond donors (Lipinski definition) is 4. The average molecular weight is 240 g/mol. The van der Waals surface area contributed by atoms with E-state index >= 15 is 0 Å². The second-order valence-corrected chi connectivity index (χ2v) is 2.49. The second kappa shape index (κ2) is 17.2. The lowest BCUT2D eigenvalue weighted by molar-refractivity contribution is 0.00965. The van der Waals surface area contributed by atoms with Gasteiger partial charge in [-0.25, -0.2) is 0 Å². The number of aliphatic hydroxyl groups excluding tert-OH is 1. The van der Waals surface area contributed by atoms with Crippen molar-refractivity contribution in [3.63, 3.8) is 0 Å². The van der Waals surface area contributed by atoms with E-state index in [1.807, 2.05) is 6.92 Å². The lowest BCUT2D eigenvalue weighted by Crippen LogP contribution is -2.10. The Morgan fingerprint density at radius 1 is 0.812 bits per heavy atom. The molecule has 0 aromatic heterocycles. The first-order valence-corrected chi connectivity index (χ1v) is 5.03. The largest absolute Gasteiger partial charge is 0.631 e. The number of rotatable bonds is 9. The summed E-state index contributed by atoms with van der Waals surface area (Å²) in [5.74, 6) is 0. The Morgan fingerprint density at radius 2 is 1.19 bits per heavy atom. The Labute approximate surface area is 95.7 Å². The van der Waals surface area contributed by atoms with Crippen LogP contribution in [0.5, 0.6) is 0 Å². The molecule has 0 saturated carbocycles. The molecule has 0 aromatic rings. The Bertz CT molecular complexity index is 102. The summed E-state index contributed by atoms with van der Waals surface area (Å²) in [7, 11) is -2.17. The maximum atomic E-state index is 8.35. The van der Waals surface area contributed by atoms with Crippen LogP contribution in [0.3, 0.4) is 0 Å². The van der Waals surface area contributed by atoms with Gasteiger partial charge in [-0.1, -0.05) is 0 Å². The summed E-state index contributed by atoms with van der Waals surface area (Å²) in [6.07, 6.45) is 0. The molecule has 16 heavy (non-hydrogen) atoms. The molecule has 0 aliphatic heterocycles. The van der Waals surface area contributed by atoms with Crippen molar-refractivity contribution in [2.24, 2.45) is 0 Å². The highest BCUT2D eigenvalue weighted by Crippen LogP contribution is 1.79.